The van der Waals surface area contributed by atoms with Crippen molar-refractivity contribution in [2.24, 2.45) is 5.73 Å². The smallest absolute Gasteiger partial charge is 0.139 e. The van der Waals surface area contributed by atoms with Gasteiger partial charge in [0, 0.05) is 18.6 Å². The van der Waals surface area contributed by atoms with E-state index in [1.165, 1.54) is 0 Å². The molecule has 1 aliphatic carbocycles. The van der Waals surface area contributed by atoms with Crippen LogP contribution in [0, 0.1) is 0 Å². The lowest BCUT2D eigenvalue weighted by Crippen LogP contribution is -2.53. The van der Waals surface area contributed by atoms with E-state index >= 15 is 0 Å². The van der Waals surface area contributed by atoms with Gasteiger partial charge in [-0.3, -0.25) is 4.90 Å². The van der Waals surface area contributed by atoms with E-state index in [0.717, 1.165) is 45.1 Å². The Morgan fingerprint density at radius 2 is 2.00 bits per heavy atom. The standard InChI is InChI=1S/C11H20N2O2/c12-9-1-3-10(4-2-9)13-5-6-15-8-11(13)7-14/h7,9-11H,1-6,8,12H2. The molecular formula is C11H20N2O2. The molecular weight excluding hydrogens is 192 g/mol. The zero-order valence-corrected chi connectivity index (χ0v) is 9.10. The molecule has 4 nitrogen and oxygen atoms in total. The van der Waals surface area contributed by atoms with Gasteiger partial charge in [0.25, 0.3) is 0 Å². The SMILES string of the molecule is NC1CCC(N2CCOCC2C=O)CC1. The second kappa shape index (κ2) is 5.05. The van der Waals surface area contributed by atoms with Gasteiger partial charge in [-0.1, -0.05) is 0 Å². The molecule has 86 valence electrons. The Morgan fingerprint density at radius 3 is 2.67 bits per heavy atom. The second-order valence-corrected chi connectivity index (χ2v) is 4.58. The molecule has 0 aromatic carbocycles. The van der Waals surface area contributed by atoms with Gasteiger partial charge in [0.15, 0.2) is 0 Å². The molecule has 4 heteroatoms. The van der Waals surface area contributed by atoms with Crippen LogP contribution in [0.3, 0.4) is 0 Å². The van der Waals surface area contributed by atoms with E-state index in [9.17, 15) is 4.79 Å². The summed E-state index contributed by atoms with van der Waals surface area (Å²) >= 11 is 0. The number of carbonyl (C=O) groups excluding carboxylic acids is 1. The summed E-state index contributed by atoms with van der Waals surface area (Å²) in [6, 6.07) is 0.888. The highest BCUT2D eigenvalue weighted by molar-refractivity contribution is 5.58. The molecule has 2 aliphatic rings. The van der Waals surface area contributed by atoms with Crippen molar-refractivity contribution in [3.05, 3.63) is 0 Å². The van der Waals surface area contributed by atoms with Gasteiger partial charge in [-0.15, -0.1) is 0 Å². The number of rotatable bonds is 2. The molecule has 0 spiro atoms. The van der Waals surface area contributed by atoms with E-state index in [2.05, 4.69) is 4.90 Å². The molecule has 0 aromatic rings. The molecule has 0 aromatic heterocycles. The zero-order valence-electron chi connectivity index (χ0n) is 9.10. The molecule has 1 saturated carbocycles. The maximum absolute atomic E-state index is 10.9. The maximum atomic E-state index is 10.9. The van der Waals surface area contributed by atoms with Crippen LogP contribution < -0.4 is 5.73 Å². The van der Waals surface area contributed by atoms with Crippen LogP contribution in [0.25, 0.3) is 0 Å². The van der Waals surface area contributed by atoms with Gasteiger partial charge in [-0.05, 0) is 25.7 Å². The van der Waals surface area contributed by atoms with Gasteiger partial charge in [-0.25, -0.2) is 0 Å². The Labute approximate surface area is 90.8 Å². The van der Waals surface area contributed by atoms with Gasteiger partial charge in [0.1, 0.15) is 6.29 Å². The van der Waals surface area contributed by atoms with Crippen LogP contribution in [0.4, 0.5) is 0 Å². The number of hydrogen-bond donors (Lipinski definition) is 1. The first kappa shape index (κ1) is 11.0. The molecule has 1 aliphatic heterocycles. The second-order valence-electron chi connectivity index (χ2n) is 4.58. The van der Waals surface area contributed by atoms with Crippen LogP contribution in [0.2, 0.25) is 0 Å². The first-order valence-corrected chi connectivity index (χ1v) is 5.85. The predicted molar refractivity (Wildman–Crippen MR) is 57.6 cm³/mol. The maximum Gasteiger partial charge on any atom is 0.139 e. The third kappa shape index (κ3) is 2.56. The highest BCUT2D eigenvalue weighted by Crippen LogP contribution is 2.24. The van der Waals surface area contributed by atoms with Crippen molar-refractivity contribution in [3.8, 4) is 0 Å². The largest absolute Gasteiger partial charge is 0.378 e. The van der Waals surface area contributed by atoms with Gasteiger partial charge >= 0.3 is 0 Å². The number of hydrogen-bond acceptors (Lipinski definition) is 4. The van der Waals surface area contributed by atoms with E-state index in [-0.39, 0.29) is 6.04 Å². The third-order valence-electron chi connectivity index (χ3n) is 3.58. The lowest BCUT2D eigenvalue weighted by atomic mass is 9.90. The first-order chi connectivity index (χ1) is 7.31. The molecule has 1 atom stereocenters. The normalized spacial score (nSPS) is 38.9. The Hall–Kier alpha value is -0.450. The monoisotopic (exact) mass is 212 g/mol. The molecule has 0 amide bonds. The van der Waals surface area contributed by atoms with Crippen molar-refractivity contribution in [1.82, 2.24) is 4.90 Å². The van der Waals surface area contributed by atoms with E-state index in [0.29, 0.717) is 18.7 Å². The fourth-order valence-electron chi connectivity index (χ4n) is 2.64. The van der Waals surface area contributed by atoms with E-state index in [4.69, 9.17) is 10.5 Å². The fourth-order valence-corrected chi connectivity index (χ4v) is 2.64. The van der Waals surface area contributed by atoms with E-state index < -0.39 is 0 Å². The van der Waals surface area contributed by atoms with Crippen molar-refractivity contribution in [3.63, 3.8) is 0 Å². The van der Waals surface area contributed by atoms with Crippen LogP contribution in [0.15, 0.2) is 0 Å². The lowest BCUT2D eigenvalue weighted by Gasteiger charge is -2.41. The molecule has 1 saturated heterocycles. The zero-order chi connectivity index (χ0) is 10.7. The van der Waals surface area contributed by atoms with Crippen molar-refractivity contribution in [1.29, 1.82) is 0 Å². The topological polar surface area (TPSA) is 55.6 Å². The summed E-state index contributed by atoms with van der Waals surface area (Å²) in [6.07, 6.45) is 5.46. The summed E-state index contributed by atoms with van der Waals surface area (Å²) in [6.45, 7) is 2.21. The predicted octanol–water partition coefficient (Wildman–Crippen LogP) is 0.156. The number of ether oxygens (including phenoxy) is 1. The molecule has 1 heterocycles. The minimum absolute atomic E-state index is 0.0296. The molecule has 1 unspecified atom stereocenters. The van der Waals surface area contributed by atoms with Gasteiger partial charge < -0.3 is 15.3 Å². The summed E-state index contributed by atoms with van der Waals surface area (Å²) in [5.41, 5.74) is 5.88. The average molecular weight is 212 g/mol. The quantitative estimate of drug-likeness (QED) is 0.662. The molecule has 0 radical (unpaired) electrons. The van der Waals surface area contributed by atoms with Gasteiger partial charge in [0.05, 0.1) is 19.3 Å². The summed E-state index contributed by atoms with van der Waals surface area (Å²) in [4.78, 5) is 13.2. The van der Waals surface area contributed by atoms with Gasteiger partial charge in [-0.2, -0.15) is 0 Å². The van der Waals surface area contributed by atoms with Gasteiger partial charge in [0.2, 0.25) is 0 Å². The number of aldehydes is 1. The van der Waals surface area contributed by atoms with E-state index in [1.54, 1.807) is 0 Å². The number of nitrogens with zero attached hydrogens (tertiary/aromatic N) is 1. The van der Waals surface area contributed by atoms with Crippen molar-refractivity contribution >= 4 is 6.29 Å². The Morgan fingerprint density at radius 1 is 1.27 bits per heavy atom. The summed E-state index contributed by atoms with van der Waals surface area (Å²) in [5, 5.41) is 0. The first-order valence-electron chi connectivity index (χ1n) is 5.85. The Balaban J connectivity index is 1.92. The Bertz CT molecular complexity index is 215. The number of carbonyl (C=O) groups is 1. The molecule has 2 rings (SSSR count). The lowest BCUT2D eigenvalue weighted by molar-refractivity contribution is -0.120. The number of nitrogens with two attached hydrogens (primary N) is 1. The molecule has 0 bridgehead atoms. The molecule has 2 N–H and O–H groups in total. The highest BCUT2D eigenvalue weighted by Gasteiger charge is 2.31. The van der Waals surface area contributed by atoms with Crippen LogP contribution >= 0.6 is 0 Å². The summed E-state index contributed by atoms with van der Waals surface area (Å²) in [5.74, 6) is 0. The average Bonchev–Trinajstić information content (AvgIpc) is 2.30. The van der Waals surface area contributed by atoms with Crippen molar-refractivity contribution in [2.75, 3.05) is 19.8 Å². The molecule has 2 fully saturated rings. The van der Waals surface area contributed by atoms with Crippen LogP contribution in [-0.4, -0.2) is 49.1 Å². The minimum atomic E-state index is -0.0296. The fraction of sp³-hybridized carbons (Fsp3) is 0.909. The van der Waals surface area contributed by atoms with Crippen LogP contribution in [0.5, 0.6) is 0 Å². The van der Waals surface area contributed by atoms with Crippen molar-refractivity contribution < 1.29 is 9.53 Å². The van der Waals surface area contributed by atoms with Crippen LogP contribution in [0.1, 0.15) is 25.7 Å². The third-order valence-corrected chi connectivity index (χ3v) is 3.58. The number of morpholine rings is 1. The minimum Gasteiger partial charge on any atom is -0.378 e. The molecule has 15 heavy (non-hydrogen) atoms. The van der Waals surface area contributed by atoms with E-state index in [1.807, 2.05) is 0 Å². The van der Waals surface area contributed by atoms with Crippen LogP contribution in [-0.2, 0) is 9.53 Å². The summed E-state index contributed by atoms with van der Waals surface area (Å²) in [7, 11) is 0. The highest BCUT2D eigenvalue weighted by atomic mass is 16.5. The van der Waals surface area contributed by atoms with Crippen molar-refractivity contribution in [2.45, 2.75) is 43.8 Å². The summed E-state index contributed by atoms with van der Waals surface area (Å²) < 4.78 is 5.32. The Kier molecular flexibility index (Phi) is 3.72.